The van der Waals surface area contributed by atoms with E-state index in [9.17, 15) is 13.6 Å². The van der Waals surface area contributed by atoms with Gasteiger partial charge in [0, 0.05) is 17.2 Å². The number of halogens is 2. The van der Waals surface area contributed by atoms with Crippen molar-refractivity contribution in [1.29, 1.82) is 0 Å². The number of alkyl halides is 2. The van der Waals surface area contributed by atoms with Crippen molar-refractivity contribution in [3.05, 3.63) is 56.6 Å². The van der Waals surface area contributed by atoms with E-state index >= 15 is 0 Å². The number of aromatic amines is 1. The van der Waals surface area contributed by atoms with Crippen LogP contribution in [0.2, 0.25) is 0 Å². The van der Waals surface area contributed by atoms with Crippen LogP contribution >= 0.6 is 12.2 Å². The lowest BCUT2D eigenvalue weighted by Crippen LogP contribution is -2.19. The quantitative estimate of drug-likeness (QED) is 0.627. The molecule has 0 aliphatic carbocycles. The predicted octanol–water partition coefficient (Wildman–Crippen LogP) is 5.34. The smallest absolute Gasteiger partial charge is 0.264 e. The summed E-state index contributed by atoms with van der Waals surface area (Å²) < 4.78 is 29.3. The van der Waals surface area contributed by atoms with Crippen molar-refractivity contribution in [2.75, 3.05) is 0 Å². The lowest BCUT2D eigenvalue weighted by molar-refractivity contribution is 0.153. The van der Waals surface area contributed by atoms with Crippen LogP contribution in [0, 0.1) is 11.7 Å². The molecule has 1 aromatic carbocycles. The van der Waals surface area contributed by atoms with Crippen molar-refractivity contribution >= 4 is 23.3 Å². The topological polar surface area (TPSA) is 50.7 Å². The van der Waals surface area contributed by atoms with Gasteiger partial charge in [-0.3, -0.25) is 14.3 Å². The van der Waals surface area contributed by atoms with Gasteiger partial charge in [-0.15, -0.1) is 0 Å². The maximum atomic E-state index is 13.7. The predicted molar refractivity (Wildman–Crippen MR) is 101 cm³/mol. The summed E-state index contributed by atoms with van der Waals surface area (Å²) in [4.78, 5) is 19.4. The van der Waals surface area contributed by atoms with E-state index in [4.69, 9.17) is 12.2 Å². The van der Waals surface area contributed by atoms with Crippen molar-refractivity contribution in [3.63, 3.8) is 0 Å². The van der Waals surface area contributed by atoms with Crippen molar-refractivity contribution < 1.29 is 8.78 Å². The zero-order valence-electron chi connectivity index (χ0n) is 14.7. The summed E-state index contributed by atoms with van der Waals surface area (Å²) >= 11 is 5.28. The number of hydrogen-bond donors (Lipinski definition) is 1. The van der Waals surface area contributed by atoms with Gasteiger partial charge in [-0.1, -0.05) is 36.8 Å². The molecule has 0 amide bonds. The maximum absolute atomic E-state index is 13.7. The fraction of sp³-hybridized carbons (Fsp3) is 0.316. The lowest BCUT2D eigenvalue weighted by Gasteiger charge is -2.18. The van der Waals surface area contributed by atoms with Crippen LogP contribution in [0.4, 0.5) is 8.78 Å². The SMILES string of the molecule is CC[C@H](C)n1c(=S)[nH]c(=O)c2c(C(F)F)cc(-c3ccc(C)cc3)nc21. The van der Waals surface area contributed by atoms with Gasteiger partial charge < -0.3 is 0 Å². The number of hydrogen-bond acceptors (Lipinski definition) is 3. The average Bonchev–Trinajstić information content (AvgIpc) is 2.60. The molecule has 2 aromatic heterocycles. The molecule has 3 rings (SSSR count). The Hall–Kier alpha value is -2.41. The Morgan fingerprint density at radius 1 is 1.27 bits per heavy atom. The van der Waals surface area contributed by atoms with Crippen LogP contribution in [0.1, 0.15) is 43.9 Å². The minimum Gasteiger partial charge on any atom is -0.300 e. The van der Waals surface area contributed by atoms with E-state index in [0.717, 1.165) is 12.0 Å². The van der Waals surface area contributed by atoms with Crippen molar-refractivity contribution in [2.24, 2.45) is 0 Å². The molecular formula is C19H19F2N3OS. The molecule has 0 saturated carbocycles. The zero-order valence-corrected chi connectivity index (χ0v) is 15.5. The number of fused-ring (bicyclic) bond motifs is 1. The lowest BCUT2D eigenvalue weighted by atomic mass is 10.1. The third-order valence-electron chi connectivity index (χ3n) is 4.54. The van der Waals surface area contributed by atoms with Crippen LogP contribution in [0.5, 0.6) is 0 Å². The van der Waals surface area contributed by atoms with Gasteiger partial charge in [0.2, 0.25) is 0 Å². The fourth-order valence-electron chi connectivity index (χ4n) is 2.91. The molecule has 0 spiro atoms. The Morgan fingerprint density at radius 3 is 2.50 bits per heavy atom. The van der Waals surface area contributed by atoms with Crippen LogP contribution in [0.15, 0.2) is 35.1 Å². The molecule has 0 aliphatic rings. The third-order valence-corrected chi connectivity index (χ3v) is 4.84. The second kappa shape index (κ2) is 7.07. The molecule has 136 valence electrons. The van der Waals surface area contributed by atoms with Gasteiger partial charge >= 0.3 is 0 Å². The summed E-state index contributed by atoms with van der Waals surface area (Å²) in [6, 6.07) is 8.64. The summed E-state index contributed by atoms with van der Waals surface area (Å²) in [6.45, 7) is 5.82. The van der Waals surface area contributed by atoms with Gasteiger partial charge in [0.15, 0.2) is 4.77 Å². The van der Waals surface area contributed by atoms with Crippen LogP contribution in [-0.2, 0) is 0 Å². The molecule has 0 radical (unpaired) electrons. The monoisotopic (exact) mass is 375 g/mol. The average molecular weight is 375 g/mol. The van der Waals surface area contributed by atoms with Gasteiger partial charge in [0.05, 0.1) is 11.1 Å². The van der Waals surface area contributed by atoms with Gasteiger partial charge in [-0.2, -0.15) is 0 Å². The highest BCUT2D eigenvalue weighted by Gasteiger charge is 2.21. The Morgan fingerprint density at radius 2 is 1.92 bits per heavy atom. The number of nitrogens with zero attached hydrogens (tertiary/aromatic N) is 2. The van der Waals surface area contributed by atoms with E-state index in [1.807, 2.05) is 45.0 Å². The van der Waals surface area contributed by atoms with Crippen LogP contribution in [0.25, 0.3) is 22.3 Å². The Labute approximate surface area is 154 Å². The van der Waals surface area contributed by atoms with E-state index in [2.05, 4.69) is 9.97 Å². The number of pyridine rings is 1. The van der Waals surface area contributed by atoms with Gasteiger partial charge in [0.25, 0.3) is 12.0 Å². The molecule has 0 unspecified atom stereocenters. The highest BCUT2D eigenvalue weighted by molar-refractivity contribution is 7.71. The van der Waals surface area contributed by atoms with E-state index in [0.29, 0.717) is 11.3 Å². The zero-order chi connectivity index (χ0) is 19.0. The summed E-state index contributed by atoms with van der Waals surface area (Å²) in [5.41, 5.74) is 1.39. The summed E-state index contributed by atoms with van der Waals surface area (Å²) in [6.07, 6.45) is -2.08. The summed E-state index contributed by atoms with van der Waals surface area (Å²) in [7, 11) is 0. The first-order valence-electron chi connectivity index (χ1n) is 8.38. The largest absolute Gasteiger partial charge is 0.300 e. The molecule has 0 fully saturated rings. The fourth-order valence-corrected chi connectivity index (χ4v) is 3.27. The van der Waals surface area contributed by atoms with Crippen LogP contribution in [0.3, 0.4) is 0 Å². The summed E-state index contributed by atoms with van der Waals surface area (Å²) in [5, 5.41) is -0.107. The molecule has 0 bridgehead atoms. The number of H-pyrrole nitrogens is 1. The van der Waals surface area contributed by atoms with Crippen molar-refractivity contribution in [3.8, 4) is 11.3 Å². The number of aromatic nitrogens is 3. The Kier molecular flexibility index (Phi) is 5.00. The standard InChI is InChI=1S/C19H19F2N3OS/c1-4-11(3)24-17-15(18(25)23-19(24)26)13(16(20)21)9-14(22-17)12-7-5-10(2)6-8-12/h5-9,11,16H,4H2,1-3H3,(H,23,25,26)/t11-/m0/s1. The minimum atomic E-state index is -2.80. The Bertz CT molecular complexity index is 1070. The maximum Gasteiger partial charge on any atom is 0.264 e. The number of nitrogens with one attached hydrogen (secondary N) is 1. The van der Waals surface area contributed by atoms with Gasteiger partial charge in [0.1, 0.15) is 5.65 Å². The highest BCUT2D eigenvalue weighted by atomic mass is 32.1. The molecule has 0 aliphatic heterocycles. The number of rotatable bonds is 4. The molecule has 3 aromatic rings. The molecule has 7 heteroatoms. The van der Waals surface area contributed by atoms with Gasteiger partial charge in [-0.25, -0.2) is 13.8 Å². The first-order chi connectivity index (χ1) is 12.3. The number of benzene rings is 1. The third kappa shape index (κ3) is 3.19. The molecule has 4 nitrogen and oxygen atoms in total. The molecule has 2 heterocycles. The Balaban J connectivity index is 2.45. The van der Waals surface area contributed by atoms with Crippen LogP contribution in [-0.4, -0.2) is 14.5 Å². The highest BCUT2D eigenvalue weighted by Crippen LogP contribution is 2.30. The summed E-state index contributed by atoms with van der Waals surface area (Å²) in [5.74, 6) is 0. The molecule has 0 saturated heterocycles. The van der Waals surface area contributed by atoms with E-state index < -0.39 is 12.0 Å². The molecular weight excluding hydrogens is 356 g/mol. The molecule has 26 heavy (non-hydrogen) atoms. The first kappa shape index (κ1) is 18.4. The van der Waals surface area contributed by atoms with Crippen molar-refractivity contribution in [1.82, 2.24) is 14.5 Å². The van der Waals surface area contributed by atoms with Crippen molar-refractivity contribution in [2.45, 2.75) is 39.7 Å². The normalized spacial score (nSPS) is 12.7. The first-order valence-corrected chi connectivity index (χ1v) is 8.79. The van der Waals surface area contributed by atoms with E-state index in [1.165, 1.54) is 6.07 Å². The molecule has 1 atom stereocenters. The van der Waals surface area contributed by atoms with Crippen LogP contribution < -0.4 is 5.56 Å². The minimum absolute atomic E-state index is 0.0897. The van der Waals surface area contributed by atoms with E-state index in [-0.39, 0.29) is 27.4 Å². The number of aryl methyl sites for hydroxylation is 1. The molecule has 1 N–H and O–H groups in total. The second-order valence-electron chi connectivity index (χ2n) is 6.35. The van der Waals surface area contributed by atoms with Gasteiger partial charge in [-0.05, 0) is 38.6 Å². The van der Waals surface area contributed by atoms with E-state index in [1.54, 1.807) is 4.57 Å². The second-order valence-corrected chi connectivity index (χ2v) is 6.74.